The molecule has 0 aromatic heterocycles. The van der Waals surface area contributed by atoms with Crippen molar-refractivity contribution in [1.29, 1.82) is 0 Å². The number of rotatable bonds is 5. The molecule has 0 unspecified atom stereocenters. The normalized spacial score (nSPS) is 11.7. The molecule has 0 spiro atoms. The Morgan fingerprint density at radius 2 is 1.63 bits per heavy atom. The van der Waals surface area contributed by atoms with E-state index >= 15 is 0 Å². The van der Waals surface area contributed by atoms with Crippen LogP contribution in [0.4, 0.5) is 18.9 Å². The Kier molecular flexibility index (Phi) is 6.23. The first kappa shape index (κ1) is 20.0. The summed E-state index contributed by atoms with van der Waals surface area (Å²) in [4.78, 5) is 23.1. The molecule has 142 valence electrons. The minimum Gasteiger partial charge on any atom is -0.466 e. The topological polar surface area (TPSA) is 64.6 Å². The summed E-state index contributed by atoms with van der Waals surface area (Å²) in [5.41, 5.74) is 0.511. The highest BCUT2D eigenvalue weighted by atomic mass is 19.4. The Morgan fingerprint density at radius 3 is 2.19 bits per heavy atom. The van der Waals surface area contributed by atoms with Crippen LogP contribution in [0, 0.1) is 0 Å². The maximum Gasteiger partial charge on any atom is 0.416 e. The number of nitrogens with one attached hydrogen (secondary N) is 1. The van der Waals surface area contributed by atoms with Gasteiger partial charge in [-0.15, -0.1) is 0 Å². The monoisotopic (exact) mass is 379 g/mol. The molecule has 0 saturated heterocycles. The lowest BCUT2D eigenvalue weighted by atomic mass is 10.0. The highest BCUT2D eigenvalue weighted by Gasteiger charge is 2.30. The van der Waals surface area contributed by atoms with Crippen LogP contribution in [0.5, 0.6) is 0 Å². The number of anilines is 1. The summed E-state index contributed by atoms with van der Waals surface area (Å²) in [5, 5.41) is 2.71. The highest BCUT2D eigenvalue weighted by molar-refractivity contribution is 5.98. The maximum atomic E-state index is 12.8. The van der Waals surface area contributed by atoms with E-state index in [1.807, 2.05) is 0 Å². The second-order valence-corrected chi connectivity index (χ2v) is 5.35. The summed E-state index contributed by atoms with van der Waals surface area (Å²) in [5.74, 6) is -1.52. The number of benzene rings is 2. The molecule has 0 amide bonds. The number of carbonyl (C=O) groups excluding carboxylic acids is 2. The quantitative estimate of drug-likeness (QED) is 0.628. The molecule has 0 aliphatic carbocycles. The molecule has 0 heterocycles. The van der Waals surface area contributed by atoms with E-state index in [0.717, 1.165) is 32.4 Å². The molecule has 0 aliphatic rings. The van der Waals surface area contributed by atoms with E-state index in [2.05, 4.69) is 14.8 Å². The van der Waals surface area contributed by atoms with E-state index in [1.165, 1.54) is 6.07 Å². The summed E-state index contributed by atoms with van der Waals surface area (Å²) in [7, 11) is 2.32. The molecule has 0 aliphatic heterocycles. The molecular weight excluding hydrogens is 363 g/mol. The summed E-state index contributed by atoms with van der Waals surface area (Å²) in [6, 6.07) is 11.2. The van der Waals surface area contributed by atoms with Crippen molar-refractivity contribution in [3.8, 4) is 11.1 Å². The summed E-state index contributed by atoms with van der Waals surface area (Å²) >= 11 is 0. The van der Waals surface area contributed by atoms with Gasteiger partial charge in [-0.2, -0.15) is 13.2 Å². The predicted octanol–water partition coefficient (Wildman–Crippen LogP) is 4.01. The summed E-state index contributed by atoms with van der Waals surface area (Å²) in [6.45, 7) is 0. The fourth-order valence-corrected chi connectivity index (χ4v) is 2.21. The summed E-state index contributed by atoms with van der Waals surface area (Å²) < 4.78 is 47.6. The van der Waals surface area contributed by atoms with Gasteiger partial charge in [-0.3, -0.25) is 0 Å². The van der Waals surface area contributed by atoms with Crippen molar-refractivity contribution >= 4 is 17.6 Å². The van der Waals surface area contributed by atoms with E-state index in [1.54, 1.807) is 30.3 Å². The van der Waals surface area contributed by atoms with E-state index in [4.69, 9.17) is 0 Å². The van der Waals surface area contributed by atoms with Crippen LogP contribution >= 0.6 is 0 Å². The minimum atomic E-state index is -4.42. The number of hydrogen-bond donors (Lipinski definition) is 1. The zero-order valence-electron chi connectivity index (χ0n) is 14.5. The molecule has 0 atom stereocenters. The molecule has 5 nitrogen and oxygen atoms in total. The van der Waals surface area contributed by atoms with Crippen LogP contribution in [0.15, 0.2) is 60.3 Å². The average Bonchev–Trinajstić information content (AvgIpc) is 2.66. The second kappa shape index (κ2) is 8.39. The zero-order valence-corrected chi connectivity index (χ0v) is 14.5. The van der Waals surface area contributed by atoms with Crippen molar-refractivity contribution in [3.63, 3.8) is 0 Å². The van der Waals surface area contributed by atoms with Gasteiger partial charge in [-0.1, -0.05) is 24.3 Å². The number of carbonyl (C=O) groups is 2. The number of methoxy groups -OCH3 is 2. The fraction of sp³-hybridized carbons (Fsp3) is 0.158. The number of halogens is 3. The fourth-order valence-electron chi connectivity index (χ4n) is 2.21. The predicted molar refractivity (Wildman–Crippen MR) is 92.6 cm³/mol. The first-order valence-corrected chi connectivity index (χ1v) is 7.67. The number of ether oxygens (including phenoxy) is 2. The molecule has 0 saturated carbocycles. The van der Waals surface area contributed by atoms with Crippen LogP contribution in [-0.2, 0) is 25.2 Å². The largest absolute Gasteiger partial charge is 0.466 e. The van der Waals surface area contributed by atoms with E-state index in [-0.39, 0.29) is 5.70 Å². The van der Waals surface area contributed by atoms with E-state index < -0.39 is 23.7 Å². The van der Waals surface area contributed by atoms with Gasteiger partial charge in [0.05, 0.1) is 25.9 Å². The van der Waals surface area contributed by atoms with Gasteiger partial charge in [0.25, 0.3) is 0 Å². The molecule has 0 bridgehead atoms. The minimum absolute atomic E-state index is 0.142. The van der Waals surface area contributed by atoms with Gasteiger partial charge in [0.15, 0.2) is 0 Å². The van der Waals surface area contributed by atoms with Crippen LogP contribution < -0.4 is 5.32 Å². The van der Waals surface area contributed by atoms with E-state index in [9.17, 15) is 22.8 Å². The molecule has 1 N–H and O–H groups in total. The van der Waals surface area contributed by atoms with Gasteiger partial charge in [0, 0.05) is 5.69 Å². The first-order valence-electron chi connectivity index (χ1n) is 7.67. The van der Waals surface area contributed by atoms with Crippen molar-refractivity contribution in [3.05, 3.63) is 65.9 Å². The second-order valence-electron chi connectivity index (χ2n) is 5.35. The standard InChI is InChI=1S/C19H16F3NO4/c1-26-17(24)11-16(18(25)27-2)23-15-8-6-12(7-9-15)13-4-3-5-14(10-13)19(20,21)22/h3-11,23H,1-2H3/b16-11+. The molecule has 2 aromatic rings. The lowest BCUT2D eigenvalue weighted by Crippen LogP contribution is -2.15. The van der Waals surface area contributed by atoms with E-state index in [0.29, 0.717) is 16.8 Å². The van der Waals surface area contributed by atoms with Gasteiger partial charge in [-0.25, -0.2) is 9.59 Å². The van der Waals surface area contributed by atoms with Crippen LogP contribution in [-0.4, -0.2) is 26.2 Å². The lowest BCUT2D eigenvalue weighted by Gasteiger charge is -2.11. The summed E-state index contributed by atoms with van der Waals surface area (Å²) in [6.07, 6.45) is -3.49. The van der Waals surface area contributed by atoms with Crippen LogP contribution in [0.3, 0.4) is 0 Å². The highest BCUT2D eigenvalue weighted by Crippen LogP contribution is 2.32. The van der Waals surface area contributed by atoms with Crippen molar-refractivity contribution in [2.75, 3.05) is 19.5 Å². The van der Waals surface area contributed by atoms with Crippen LogP contribution in [0.25, 0.3) is 11.1 Å². The lowest BCUT2D eigenvalue weighted by molar-refractivity contribution is -0.138. The van der Waals surface area contributed by atoms with Crippen LogP contribution in [0.1, 0.15) is 5.56 Å². The molecule has 27 heavy (non-hydrogen) atoms. The zero-order chi connectivity index (χ0) is 20.0. The third-order valence-electron chi connectivity index (χ3n) is 3.56. The third-order valence-corrected chi connectivity index (χ3v) is 3.56. The van der Waals surface area contributed by atoms with Crippen molar-refractivity contribution in [1.82, 2.24) is 0 Å². The Hall–Kier alpha value is -3.29. The van der Waals surface area contributed by atoms with Crippen molar-refractivity contribution in [2.24, 2.45) is 0 Å². The number of hydrogen-bond acceptors (Lipinski definition) is 5. The average molecular weight is 379 g/mol. The first-order chi connectivity index (χ1) is 12.7. The molecule has 8 heteroatoms. The van der Waals surface area contributed by atoms with Crippen molar-refractivity contribution < 1.29 is 32.2 Å². The van der Waals surface area contributed by atoms with Gasteiger partial charge in [0.2, 0.25) is 0 Å². The maximum absolute atomic E-state index is 12.8. The number of esters is 2. The Bertz CT molecular complexity index is 858. The Morgan fingerprint density at radius 1 is 0.963 bits per heavy atom. The Labute approximate surface area is 153 Å². The van der Waals surface area contributed by atoms with Gasteiger partial charge in [-0.05, 0) is 35.4 Å². The SMILES string of the molecule is COC(=O)/C=C(/Nc1ccc(-c2cccc(C(F)(F)F)c2)cc1)C(=O)OC. The van der Waals surface area contributed by atoms with Crippen molar-refractivity contribution in [2.45, 2.75) is 6.18 Å². The smallest absolute Gasteiger partial charge is 0.416 e. The molecular formula is C19H16F3NO4. The molecule has 0 fully saturated rings. The Balaban J connectivity index is 2.25. The van der Waals surface area contributed by atoms with Gasteiger partial charge < -0.3 is 14.8 Å². The molecule has 2 rings (SSSR count). The molecule has 0 radical (unpaired) electrons. The van der Waals surface area contributed by atoms with Gasteiger partial charge in [0.1, 0.15) is 5.70 Å². The molecule has 2 aromatic carbocycles. The third kappa shape index (κ3) is 5.34. The van der Waals surface area contributed by atoms with Gasteiger partial charge >= 0.3 is 18.1 Å². The van der Waals surface area contributed by atoms with Crippen LogP contribution in [0.2, 0.25) is 0 Å². The number of alkyl halides is 3.